The summed E-state index contributed by atoms with van der Waals surface area (Å²) in [7, 11) is 0. The van der Waals surface area contributed by atoms with Crippen molar-refractivity contribution >= 4 is 23.2 Å². The third-order valence-corrected chi connectivity index (χ3v) is 5.98. The Hall–Kier alpha value is -0.0200. The van der Waals surface area contributed by atoms with Gasteiger partial charge in [-0.15, -0.1) is 0 Å². The molecule has 0 bridgehead atoms. The molecule has 1 heterocycles. The minimum Gasteiger partial charge on any atom is -0.349 e. The fourth-order valence-electron chi connectivity index (χ4n) is 3.78. The van der Waals surface area contributed by atoms with Crippen molar-refractivity contribution in [2.45, 2.75) is 37.9 Å². The lowest BCUT2D eigenvalue weighted by Gasteiger charge is -2.59. The van der Waals surface area contributed by atoms with Gasteiger partial charge in [0.2, 0.25) is 0 Å². The predicted molar refractivity (Wildman–Crippen MR) is 70.5 cm³/mol. The molecule has 1 aliphatic heterocycles. The summed E-state index contributed by atoms with van der Waals surface area (Å²) in [5, 5.41) is 1.65. The molecule has 98 valence electrons. The normalized spacial score (nSPS) is 44.8. The summed E-state index contributed by atoms with van der Waals surface area (Å²) in [5.41, 5.74) is -0.376. The molecule has 4 aliphatic rings. The van der Waals surface area contributed by atoms with E-state index in [2.05, 4.69) is 12.2 Å². The summed E-state index contributed by atoms with van der Waals surface area (Å²) in [5.74, 6) is -0.379. The molecular formula is C14H16Cl2O2. The molecule has 1 saturated heterocycles. The number of rotatable bonds is 0. The molecule has 0 aromatic heterocycles. The summed E-state index contributed by atoms with van der Waals surface area (Å²) >= 11 is 12.6. The Morgan fingerprint density at radius 1 is 0.889 bits per heavy atom. The van der Waals surface area contributed by atoms with Crippen LogP contribution in [0, 0.1) is 10.8 Å². The zero-order valence-corrected chi connectivity index (χ0v) is 11.7. The maximum absolute atomic E-state index is 6.30. The number of hydrogen-bond acceptors (Lipinski definition) is 2. The highest BCUT2D eigenvalue weighted by atomic mass is 35.5. The topological polar surface area (TPSA) is 18.5 Å². The molecule has 18 heavy (non-hydrogen) atoms. The first-order valence-corrected chi connectivity index (χ1v) is 7.44. The molecule has 0 N–H and O–H groups in total. The Morgan fingerprint density at radius 2 is 1.50 bits per heavy atom. The second-order valence-electron chi connectivity index (χ2n) is 5.98. The molecular weight excluding hydrogens is 271 g/mol. The van der Waals surface area contributed by atoms with Crippen molar-refractivity contribution in [2.75, 3.05) is 13.2 Å². The summed E-state index contributed by atoms with van der Waals surface area (Å²) in [4.78, 5) is 0. The quantitative estimate of drug-likeness (QED) is 0.672. The Balaban J connectivity index is 1.65. The highest BCUT2D eigenvalue weighted by Gasteiger charge is 2.69. The summed E-state index contributed by atoms with van der Waals surface area (Å²) in [6, 6.07) is 0. The Labute approximate surface area is 117 Å². The van der Waals surface area contributed by atoms with Crippen LogP contribution in [-0.4, -0.2) is 19.0 Å². The van der Waals surface area contributed by atoms with Gasteiger partial charge >= 0.3 is 0 Å². The fraction of sp³-hybridized carbons (Fsp3) is 0.714. The lowest BCUT2D eigenvalue weighted by Crippen LogP contribution is -2.58. The lowest BCUT2D eigenvalue weighted by molar-refractivity contribution is -0.244. The third kappa shape index (κ3) is 1.19. The van der Waals surface area contributed by atoms with E-state index >= 15 is 0 Å². The maximum Gasteiger partial charge on any atom is 0.168 e. The molecule has 1 spiro atoms. The van der Waals surface area contributed by atoms with Gasteiger partial charge in [0.15, 0.2) is 5.79 Å². The first-order valence-electron chi connectivity index (χ1n) is 6.68. The summed E-state index contributed by atoms with van der Waals surface area (Å²) < 4.78 is 12.3. The van der Waals surface area contributed by atoms with Crippen molar-refractivity contribution in [3.63, 3.8) is 0 Å². The van der Waals surface area contributed by atoms with Gasteiger partial charge in [-0.1, -0.05) is 41.8 Å². The predicted octanol–water partition coefficient (Wildman–Crippen LogP) is 3.94. The number of ether oxygens (including phenoxy) is 2. The largest absolute Gasteiger partial charge is 0.349 e. The van der Waals surface area contributed by atoms with Crippen LogP contribution in [0.4, 0.5) is 0 Å². The van der Waals surface area contributed by atoms with Crippen molar-refractivity contribution in [2.24, 2.45) is 10.8 Å². The van der Waals surface area contributed by atoms with Gasteiger partial charge in [0.05, 0.1) is 24.0 Å². The molecule has 2 nitrogen and oxygen atoms in total. The average Bonchev–Trinajstić information content (AvgIpc) is 2.41. The van der Waals surface area contributed by atoms with Crippen molar-refractivity contribution in [1.82, 2.24) is 0 Å². The van der Waals surface area contributed by atoms with E-state index in [4.69, 9.17) is 32.7 Å². The van der Waals surface area contributed by atoms with Gasteiger partial charge in [0.25, 0.3) is 0 Å². The molecule has 3 aliphatic carbocycles. The van der Waals surface area contributed by atoms with E-state index in [0.717, 1.165) is 22.9 Å². The van der Waals surface area contributed by atoms with Gasteiger partial charge in [-0.25, -0.2) is 0 Å². The van der Waals surface area contributed by atoms with Crippen LogP contribution in [0.1, 0.15) is 32.1 Å². The van der Waals surface area contributed by atoms with Gasteiger partial charge in [-0.05, 0) is 12.8 Å². The molecule has 0 unspecified atom stereocenters. The minimum absolute atomic E-state index is 0.0951. The van der Waals surface area contributed by atoms with Crippen LogP contribution in [-0.2, 0) is 9.47 Å². The van der Waals surface area contributed by atoms with Crippen molar-refractivity contribution in [1.29, 1.82) is 0 Å². The number of hydrogen-bond donors (Lipinski definition) is 0. The van der Waals surface area contributed by atoms with Crippen LogP contribution in [0.25, 0.3) is 0 Å². The first kappa shape index (κ1) is 11.8. The van der Waals surface area contributed by atoms with E-state index in [0.29, 0.717) is 13.2 Å². The van der Waals surface area contributed by atoms with E-state index in [1.807, 2.05) is 0 Å². The minimum atomic E-state index is -0.379. The molecule has 4 heteroatoms. The van der Waals surface area contributed by atoms with E-state index in [9.17, 15) is 0 Å². The number of halogens is 2. The maximum atomic E-state index is 6.30. The van der Waals surface area contributed by atoms with Gasteiger partial charge in [0.1, 0.15) is 0 Å². The van der Waals surface area contributed by atoms with E-state index in [1.165, 1.54) is 19.3 Å². The Bertz CT molecular complexity index is 440. The monoisotopic (exact) mass is 286 g/mol. The highest BCUT2D eigenvalue weighted by Crippen LogP contribution is 2.71. The van der Waals surface area contributed by atoms with Crippen molar-refractivity contribution in [3.05, 3.63) is 22.2 Å². The Kier molecular flexibility index (Phi) is 2.32. The SMILES string of the molecule is ClC1=CC23C=C(Cl)C12COC1(CCCCC1)OC3. The molecule has 0 aromatic carbocycles. The zero-order chi connectivity index (χ0) is 12.4. The van der Waals surface area contributed by atoms with Crippen LogP contribution >= 0.6 is 23.2 Å². The van der Waals surface area contributed by atoms with Crippen LogP contribution < -0.4 is 0 Å². The molecule has 2 fully saturated rings. The van der Waals surface area contributed by atoms with E-state index < -0.39 is 0 Å². The molecule has 4 rings (SSSR count). The second kappa shape index (κ2) is 3.54. The van der Waals surface area contributed by atoms with E-state index in [1.54, 1.807) is 0 Å². The molecule has 0 radical (unpaired) electrons. The molecule has 0 aromatic rings. The lowest BCUT2D eigenvalue weighted by atomic mass is 9.48. The average molecular weight is 287 g/mol. The van der Waals surface area contributed by atoms with Gasteiger partial charge in [0, 0.05) is 22.9 Å². The van der Waals surface area contributed by atoms with Crippen LogP contribution in [0.2, 0.25) is 0 Å². The summed E-state index contributed by atoms with van der Waals surface area (Å²) in [6.07, 6.45) is 9.79. The van der Waals surface area contributed by atoms with Crippen molar-refractivity contribution in [3.8, 4) is 0 Å². The fourth-order valence-corrected chi connectivity index (χ4v) is 4.88. The van der Waals surface area contributed by atoms with E-state index in [-0.39, 0.29) is 16.6 Å². The molecule has 0 atom stereocenters. The zero-order valence-electron chi connectivity index (χ0n) is 10.2. The second-order valence-corrected chi connectivity index (χ2v) is 6.79. The standard InChI is InChI=1S/C14H16Cl2O2/c15-10-6-12-7-11(16)14(10,12)9-18-13(17-8-12)4-2-1-3-5-13/h6-7H,1-5,8-9H2. The van der Waals surface area contributed by atoms with Gasteiger partial charge in [-0.2, -0.15) is 0 Å². The summed E-state index contributed by atoms with van der Waals surface area (Å²) in [6.45, 7) is 1.22. The van der Waals surface area contributed by atoms with Gasteiger partial charge in [-0.3, -0.25) is 0 Å². The molecule has 1 saturated carbocycles. The van der Waals surface area contributed by atoms with Crippen LogP contribution in [0.5, 0.6) is 0 Å². The third-order valence-electron chi connectivity index (χ3n) is 5.12. The van der Waals surface area contributed by atoms with Crippen LogP contribution in [0.15, 0.2) is 22.2 Å². The Morgan fingerprint density at radius 3 is 2.11 bits per heavy atom. The highest BCUT2D eigenvalue weighted by molar-refractivity contribution is 6.38. The van der Waals surface area contributed by atoms with Gasteiger partial charge < -0.3 is 9.47 Å². The van der Waals surface area contributed by atoms with Crippen LogP contribution in [0.3, 0.4) is 0 Å². The molecule has 0 amide bonds. The smallest absolute Gasteiger partial charge is 0.168 e. The first-order chi connectivity index (χ1) is 8.63. The van der Waals surface area contributed by atoms with Crippen molar-refractivity contribution < 1.29 is 9.47 Å².